The van der Waals surface area contributed by atoms with E-state index < -0.39 is 0 Å². The molecule has 5 heteroatoms. The van der Waals surface area contributed by atoms with Crippen molar-refractivity contribution in [1.29, 1.82) is 0 Å². The van der Waals surface area contributed by atoms with Gasteiger partial charge in [0.25, 0.3) is 0 Å². The first kappa shape index (κ1) is 15.8. The van der Waals surface area contributed by atoms with E-state index in [0.29, 0.717) is 13.2 Å². The summed E-state index contributed by atoms with van der Waals surface area (Å²) in [6, 6.07) is 11.6. The molecule has 1 N–H and O–H groups in total. The van der Waals surface area contributed by atoms with E-state index in [1.807, 2.05) is 36.4 Å². The first-order chi connectivity index (χ1) is 10.3. The molecule has 0 fully saturated rings. The van der Waals surface area contributed by atoms with E-state index in [4.69, 9.17) is 9.47 Å². The van der Waals surface area contributed by atoms with E-state index in [2.05, 4.69) is 33.2 Å². The van der Waals surface area contributed by atoms with Gasteiger partial charge in [-0.2, -0.15) is 0 Å². The molecule has 2 rings (SSSR count). The SMILES string of the molecule is CCNCc1ccc(OCCOc2ccc(Br)cc2)cn1. The van der Waals surface area contributed by atoms with Crippen LogP contribution < -0.4 is 14.8 Å². The first-order valence-electron chi connectivity index (χ1n) is 6.94. The van der Waals surface area contributed by atoms with Gasteiger partial charge in [-0.25, -0.2) is 0 Å². The zero-order valence-corrected chi connectivity index (χ0v) is 13.6. The zero-order chi connectivity index (χ0) is 14.9. The fourth-order valence-corrected chi connectivity index (χ4v) is 1.97. The minimum absolute atomic E-state index is 0.490. The van der Waals surface area contributed by atoms with Gasteiger partial charge in [0.2, 0.25) is 0 Å². The Bertz CT molecular complexity index is 529. The van der Waals surface area contributed by atoms with Crippen molar-refractivity contribution in [2.24, 2.45) is 0 Å². The lowest BCUT2D eigenvalue weighted by molar-refractivity contribution is 0.216. The van der Waals surface area contributed by atoms with Gasteiger partial charge in [-0.1, -0.05) is 22.9 Å². The molecule has 0 bridgehead atoms. The number of ether oxygens (including phenoxy) is 2. The van der Waals surface area contributed by atoms with Gasteiger partial charge in [-0.15, -0.1) is 0 Å². The number of halogens is 1. The maximum absolute atomic E-state index is 5.59. The average Bonchev–Trinajstić information content (AvgIpc) is 2.52. The molecule has 0 saturated heterocycles. The first-order valence-corrected chi connectivity index (χ1v) is 7.74. The molecule has 112 valence electrons. The molecule has 1 heterocycles. The second-order valence-electron chi connectivity index (χ2n) is 4.42. The molecule has 0 aliphatic carbocycles. The smallest absolute Gasteiger partial charge is 0.137 e. The maximum atomic E-state index is 5.59. The van der Waals surface area contributed by atoms with Crippen LogP contribution in [0.3, 0.4) is 0 Å². The highest BCUT2D eigenvalue weighted by atomic mass is 79.9. The summed E-state index contributed by atoms with van der Waals surface area (Å²) in [5.41, 5.74) is 1.01. The van der Waals surface area contributed by atoms with Crippen LogP contribution in [-0.4, -0.2) is 24.7 Å². The number of nitrogens with one attached hydrogen (secondary N) is 1. The molecule has 1 aromatic carbocycles. The molecule has 2 aromatic rings. The predicted octanol–water partition coefficient (Wildman–Crippen LogP) is 3.41. The van der Waals surface area contributed by atoms with Crippen LogP contribution in [0.1, 0.15) is 12.6 Å². The maximum Gasteiger partial charge on any atom is 0.137 e. The summed E-state index contributed by atoms with van der Waals surface area (Å²) < 4.78 is 12.2. The highest BCUT2D eigenvalue weighted by Crippen LogP contribution is 2.16. The number of hydrogen-bond donors (Lipinski definition) is 1. The van der Waals surface area contributed by atoms with E-state index in [1.54, 1.807) is 6.20 Å². The standard InChI is InChI=1S/C16H19BrN2O2/c1-2-18-11-14-5-8-16(12-19-14)21-10-9-20-15-6-3-13(17)4-7-15/h3-8,12,18H,2,9-11H2,1H3. The second kappa shape index (κ2) is 8.64. The van der Waals surface area contributed by atoms with Crippen molar-refractivity contribution in [1.82, 2.24) is 10.3 Å². The third-order valence-corrected chi connectivity index (χ3v) is 3.32. The zero-order valence-electron chi connectivity index (χ0n) is 12.0. The van der Waals surface area contributed by atoms with E-state index in [1.165, 1.54) is 0 Å². The minimum Gasteiger partial charge on any atom is -0.490 e. The van der Waals surface area contributed by atoms with Crippen LogP contribution in [0.2, 0.25) is 0 Å². The van der Waals surface area contributed by atoms with Crippen molar-refractivity contribution >= 4 is 15.9 Å². The summed E-state index contributed by atoms with van der Waals surface area (Å²) in [7, 11) is 0. The molecule has 0 spiro atoms. The molecular formula is C16H19BrN2O2. The summed E-state index contributed by atoms with van der Waals surface area (Å²) in [6.45, 7) is 4.78. The lowest BCUT2D eigenvalue weighted by Gasteiger charge is -2.09. The topological polar surface area (TPSA) is 43.4 Å². The van der Waals surface area contributed by atoms with Crippen LogP contribution in [0.25, 0.3) is 0 Å². The quantitative estimate of drug-likeness (QED) is 0.741. The number of nitrogens with zero attached hydrogens (tertiary/aromatic N) is 1. The monoisotopic (exact) mass is 350 g/mol. The van der Waals surface area contributed by atoms with Crippen molar-refractivity contribution in [2.75, 3.05) is 19.8 Å². The van der Waals surface area contributed by atoms with Crippen molar-refractivity contribution in [3.05, 3.63) is 52.8 Å². The number of pyridine rings is 1. The van der Waals surface area contributed by atoms with E-state index in [0.717, 1.165) is 34.8 Å². The van der Waals surface area contributed by atoms with Crippen molar-refractivity contribution in [2.45, 2.75) is 13.5 Å². The molecule has 0 amide bonds. The lowest BCUT2D eigenvalue weighted by atomic mass is 10.3. The molecular weight excluding hydrogens is 332 g/mol. The Morgan fingerprint density at radius 3 is 2.29 bits per heavy atom. The van der Waals surface area contributed by atoms with Crippen LogP contribution in [0.5, 0.6) is 11.5 Å². The van der Waals surface area contributed by atoms with Gasteiger partial charge in [0.1, 0.15) is 24.7 Å². The number of rotatable bonds is 8. The molecule has 0 atom stereocenters. The summed E-state index contributed by atoms with van der Waals surface area (Å²) >= 11 is 3.39. The molecule has 0 radical (unpaired) electrons. The highest BCUT2D eigenvalue weighted by Gasteiger charge is 1.98. The van der Waals surface area contributed by atoms with Gasteiger partial charge in [-0.05, 0) is 42.9 Å². The summed E-state index contributed by atoms with van der Waals surface area (Å²) in [4.78, 5) is 4.33. The molecule has 0 unspecified atom stereocenters. The molecule has 0 saturated carbocycles. The highest BCUT2D eigenvalue weighted by molar-refractivity contribution is 9.10. The van der Waals surface area contributed by atoms with Crippen molar-refractivity contribution in [3.8, 4) is 11.5 Å². The Labute approximate surface area is 133 Å². The van der Waals surface area contributed by atoms with E-state index in [9.17, 15) is 0 Å². The number of hydrogen-bond acceptors (Lipinski definition) is 4. The van der Waals surface area contributed by atoms with Crippen LogP contribution in [-0.2, 0) is 6.54 Å². The Kier molecular flexibility index (Phi) is 6.50. The van der Waals surface area contributed by atoms with Gasteiger partial charge < -0.3 is 14.8 Å². The Morgan fingerprint density at radius 2 is 1.67 bits per heavy atom. The molecule has 0 aliphatic rings. The lowest BCUT2D eigenvalue weighted by Crippen LogP contribution is -2.13. The number of benzene rings is 1. The fourth-order valence-electron chi connectivity index (χ4n) is 1.70. The molecule has 0 aliphatic heterocycles. The average molecular weight is 351 g/mol. The van der Waals surface area contributed by atoms with Crippen LogP contribution in [0, 0.1) is 0 Å². The Balaban J connectivity index is 1.69. The molecule has 4 nitrogen and oxygen atoms in total. The van der Waals surface area contributed by atoms with Gasteiger partial charge in [0.15, 0.2) is 0 Å². The van der Waals surface area contributed by atoms with Gasteiger partial charge >= 0.3 is 0 Å². The molecule has 21 heavy (non-hydrogen) atoms. The van der Waals surface area contributed by atoms with Crippen LogP contribution in [0.4, 0.5) is 0 Å². The predicted molar refractivity (Wildman–Crippen MR) is 86.7 cm³/mol. The third-order valence-electron chi connectivity index (χ3n) is 2.79. The normalized spacial score (nSPS) is 10.4. The summed E-state index contributed by atoms with van der Waals surface area (Å²) in [5.74, 6) is 1.59. The Hall–Kier alpha value is -1.59. The Morgan fingerprint density at radius 1 is 1.00 bits per heavy atom. The van der Waals surface area contributed by atoms with Crippen LogP contribution >= 0.6 is 15.9 Å². The van der Waals surface area contributed by atoms with E-state index in [-0.39, 0.29) is 0 Å². The summed E-state index contributed by atoms with van der Waals surface area (Å²) in [5, 5.41) is 3.23. The fraction of sp³-hybridized carbons (Fsp3) is 0.312. The number of aromatic nitrogens is 1. The van der Waals surface area contributed by atoms with Gasteiger partial charge in [-0.3, -0.25) is 4.98 Å². The minimum atomic E-state index is 0.490. The third kappa shape index (κ3) is 5.73. The summed E-state index contributed by atoms with van der Waals surface area (Å²) in [6.07, 6.45) is 1.74. The second-order valence-corrected chi connectivity index (χ2v) is 5.33. The largest absolute Gasteiger partial charge is 0.490 e. The van der Waals surface area contributed by atoms with Crippen LogP contribution in [0.15, 0.2) is 47.1 Å². The van der Waals surface area contributed by atoms with Crippen molar-refractivity contribution < 1.29 is 9.47 Å². The van der Waals surface area contributed by atoms with Gasteiger partial charge in [0.05, 0.1) is 11.9 Å². The molecule has 1 aromatic heterocycles. The van der Waals surface area contributed by atoms with Gasteiger partial charge in [0, 0.05) is 11.0 Å². The van der Waals surface area contributed by atoms with Crippen molar-refractivity contribution in [3.63, 3.8) is 0 Å². The van der Waals surface area contributed by atoms with E-state index >= 15 is 0 Å².